The molecule has 3 aromatic rings. The van der Waals surface area contributed by atoms with Gasteiger partial charge in [-0.2, -0.15) is 5.10 Å². The largest absolute Gasteiger partial charge is 0.271 e. The average Bonchev–Trinajstić information content (AvgIpc) is 2.64. The van der Waals surface area contributed by atoms with E-state index in [1.807, 2.05) is 61.5 Å². The highest BCUT2D eigenvalue weighted by molar-refractivity contribution is 6.02. The third-order valence-corrected chi connectivity index (χ3v) is 4.51. The first-order valence-corrected chi connectivity index (χ1v) is 8.79. The second-order valence-electron chi connectivity index (χ2n) is 7.53. The predicted octanol–water partition coefficient (Wildman–Crippen LogP) is 5.29. The minimum atomic E-state index is -0.207. The second-order valence-corrected chi connectivity index (χ2v) is 7.53. The molecule has 0 bridgehead atoms. The van der Waals surface area contributed by atoms with E-state index in [1.54, 1.807) is 0 Å². The number of carbonyl (C=O) groups excluding carboxylic acids is 1. The molecule has 0 aliphatic heterocycles. The van der Waals surface area contributed by atoms with Crippen LogP contribution < -0.4 is 5.43 Å². The monoisotopic (exact) mass is 344 g/mol. The van der Waals surface area contributed by atoms with Gasteiger partial charge in [0.1, 0.15) is 0 Å². The van der Waals surface area contributed by atoms with Crippen LogP contribution in [0.3, 0.4) is 0 Å². The second kappa shape index (κ2) is 7.12. The van der Waals surface area contributed by atoms with Gasteiger partial charge >= 0.3 is 0 Å². The van der Waals surface area contributed by atoms with Crippen LogP contribution in [0.2, 0.25) is 0 Å². The molecule has 0 aliphatic rings. The van der Waals surface area contributed by atoms with Gasteiger partial charge < -0.3 is 0 Å². The van der Waals surface area contributed by atoms with Gasteiger partial charge in [-0.3, -0.25) is 4.79 Å². The smallest absolute Gasteiger partial charge is 0.267 e. The van der Waals surface area contributed by atoms with Crippen LogP contribution in [0, 0.1) is 0 Å². The fourth-order valence-electron chi connectivity index (χ4n) is 2.81. The van der Waals surface area contributed by atoms with Gasteiger partial charge in [0.15, 0.2) is 0 Å². The van der Waals surface area contributed by atoms with Crippen molar-refractivity contribution < 1.29 is 4.79 Å². The zero-order chi connectivity index (χ0) is 18.7. The Hall–Kier alpha value is -2.94. The molecule has 0 atom stereocenters. The van der Waals surface area contributed by atoms with E-state index in [-0.39, 0.29) is 11.3 Å². The molecule has 0 fully saturated rings. The number of hydrogen-bond donors (Lipinski definition) is 1. The molecule has 0 heterocycles. The lowest BCUT2D eigenvalue weighted by Crippen LogP contribution is -2.19. The highest BCUT2D eigenvalue weighted by atomic mass is 16.2. The Balaban J connectivity index is 1.74. The first-order chi connectivity index (χ1) is 12.3. The summed E-state index contributed by atoms with van der Waals surface area (Å²) in [6, 6.07) is 21.9. The lowest BCUT2D eigenvalue weighted by molar-refractivity contribution is 0.0955. The van der Waals surface area contributed by atoms with E-state index >= 15 is 0 Å². The fraction of sp³-hybridized carbons (Fsp3) is 0.217. The minimum Gasteiger partial charge on any atom is -0.267 e. The average molecular weight is 344 g/mol. The normalized spacial score (nSPS) is 12.2. The molecule has 132 valence electrons. The van der Waals surface area contributed by atoms with E-state index in [4.69, 9.17) is 0 Å². The minimum absolute atomic E-state index is 0.119. The molecule has 1 amide bonds. The predicted molar refractivity (Wildman–Crippen MR) is 109 cm³/mol. The summed E-state index contributed by atoms with van der Waals surface area (Å²) in [4.78, 5) is 12.4. The number of hydrogen-bond acceptors (Lipinski definition) is 2. The highest BCUT2D eigenvalue weighted by Gasteiger charge is 2.13. The van der Waals surface area contributed by atoms with Crippen LogP contribution >= 0.6 is 0 Å². The van der Waals surface area contributed by atoms with E-state index in [2.05, 4.69) is 43.4 Å². The summed E-state index contributed by atoms with van der Waals surface area (Å²) in [5.41, 5.74) is 6.42. The Labute approximate surface area is 154 Å². The maximum Gasteiger partial charge on any atom is 0.271 e. The first-order valence-electron chi connectivity index (χ1n) is 8.79. The third kappa shape index (κ3) is 3.99. The maximum absolute atomic E-state index is 12.4. The molecule has 0 spiro atoms. The van der Waals surface area contributed by atoms with Gasteiger partial charge in [-0.15, -0.1) is 0 Å². The molecule has 0 unspecified atom stereocenters. The molecule has 3 rings (SSSR count). The third-order valence-electron chi connectivity index (χ3n) is 4.51. The lowest BCUT2D eigenvalue weighted by Gasteiger charge is -2.19. The Kier molecular flexibility index (Phi) is 4.90. The number of amides is 1. The molecule has 3 heteroatoms. The molecular formula is C23H24N2O. The van der Waals surface area contributed by atoms with Crippen molar-refractivity contribution in [3.05, 3.63) is 83.4 Å². The summed E-state index contributed by atoms with van der Waals surface area (Å²) in [6.07, 6.45) is 0. The zero-order valence-corrected chi connectivity index (χ0v) is 15.7. The quantitative estimate of drug-likeness (QED) is 0.509. The molecule has 1 N–H and O–H groups in total. The van der Waals surface area contributed by atoms with Crippen LogP contribution in [-0.2, 0) is 5.41 Å². The van der Waals surface area contributed by atoms with Crippen molar-refractivity contribution in [1.29, 1.82) is 0 Å². The van der Waals surface area contributed by atoms with Crippen molar-refractivity contribution in [3.8, 4) is 0 Å². The number of benzene rings is 3. The van der Waals surface area contributed by atoms with Gasteiger partial charge in [0.2, 0.25) is 0 Å². The van der Waals surface area contributed by atoms with Crippen LogP contribution in [0.1, 0.15) is 49.2 Å². The van der Waals surface area contributed by atoms with Crippen molar-refractivity contribution in [2.45, 2.75) is 33.1 Å². The molecule has 3 nitrogen and oxygen atoms in total. The van der Waals surface area contributed by atoms with Gasteiger partial charge in [0, 0.05) is 5.56 Å². The summed E-state index contributed by atoms with van der Waals surface area (Å²) in [7, 11) is 0. The van der Waals surface area contributed by atoms with Crippen molar-refractivity contribution in [2.24, 2.45) is 5.10 Å². The Morgan fingerprint density at radius 2 is 1.46 bits per heavy atom. The van der Waals surface area contributed by atoms with Crippen molar-refractivity contribution in [1.82, 2.24) is 5.43 Å². The summed E-state index contributed by atoms with van der Waals surface area (Å²) in [6.45, 7) is 8.46. The molecule has 0 aromatic heterocycles. The van der Waals surface area contributed by atoms with Gasteiger partial charge in [0.25, 0.3) is 5.91 Å². The number of carbonyl (C=O) groups is 1. The Bertz CT molecular complexity index is 963. The zero-order valence-electron chi connectivity index (χ0n) is 15.7. The number of rotatable bonds is 3. The number of hydrazone groups is 1. The van der Waals surface area contributed by atoms with E-state index in [0.29, 0.717) is 5.56 Å². The Morgan fingerprint density at radius 1 is 0.846 bits per heavy atom. The highest BCUT2D eigenvalue weighted by Crippen LogP contribution is 2.22. The number of fused-ring (bicyclic) bond motifs is 1. The molecule has 0 saturated heterocycles. The summed E-state index contributed by atoms with van der Waals surface area (Å²) in [5.74, 6) is -0.207. The summed E-state index contributed by atoms with van der Waals surface area (Å²) in [5, 5.41) is 6.41. The van der Waals surface area contributed by atoms with Crippen LogP contribution in [0.5, 0.6) is 0 Å². The van der Waals surface area contributed by atoms with E-state index in [0.717, 1.165) is 22.0 Å². The molecule has 0 saturated carbocycles. The fourth-order valence-corrected chi connectivity index (χ4v) is 2.81. The van der Waals surface area contributed by atoms with Crippen molar-refractivity contribution in [2.75, 3.05) is 0 Å². The van der Waals surface area contributed by atoms with E-state index in [1.165, 1.54) is 5.56 Å². The van der Waals surface area contributed by atoms with Crippen LogP contribution in [0.25, 0.3) is 10.8 Å². The molecular weight excluding hydrogens is 320 g/mol. The molecule has 3 aromatic carbocycles. The maximum atomic E-state index is 12.4. The number of nitrogens with zero attached hydrogens (tertiary/aromatic N) is 1. The van der Waals surface area contributed by atoms with Crippen molar-refractivity contribution in [3.63, 3.8) is 0 Å². The topological polar surface area (TPSA) is 41.5 Å². The Morgan fingerprint density at radius 3 is 2.12 bits per heavy atom. The van der Waals surface area contributed by atoms with Gasteiger partial charge in [0.05, 0.1) is 5.71 Å². The van der Waals surface area contributed by atoms with Gasteiger partial charge in [-0.25, -0.2) is 5.43 Å². The van der Waals surface area contributed by atoms with E-state index < -0.39 is 0 Å². The van der Waals surface area contributed by atoms with Crippen LogP contribution in [-0.4, -0.2) is 11.6 Å². The van der Waals surface area contributed by atoms with E-state index in [9.17, 15) is 4.79 Å². The van der Waals surface area contributed by atoms with Crippen LogP contribution in [0.15, 0.2) is 71.8 Å². The summed E-state index contributed by atoms with van der Waals surface area (Å²) >= 11 is 0. The SMILES string of the molecule is C/C(=N/NC(=O)c1ccc2ccccc2c1)c1ccc(C(C)(C)C)cc1. The van der Waals surface area contributed by atoms with Crippen LogP contribution in [0.4, 0.5) is 0 Å². The number of nitrogens with one attached hydrogen (secondary N) is 1. The first kappa shape index (κ1) is 17.9. The van der Waals surface area contributed by atoms with Gasteiger partial charge in [-0.1, -0.05) is 75.4 Å². The standard InChI is InChI=1S/C23H24N2O/c1-16(17-11-13-21(14-12-17)23(2,3)4)24-25-22(26)20-10-9-18-7-5-6-8-19(18)15-20/h5-15H,1-4H3,(H,25,26)/b24-16-. The lowest BCUT2D eigenvalue weighted by atomic mass is 9.86. The molecule has 0 radical (unpaired) electrons. The summed E-state index contributed by atoms with van der Waals surface area (Å²) < 4.78 is 0. The molecule has 0 aliphatic carbocycles. The van der Waals surface area contributed by atoms with Crippen molar-refractivity contribution >= 4 is 22.4 Å². The molecule has 26 heavy (non-hydrogen) atoms. The van der Waals surface area contributed by atoms with Gasteiger partial charge in [-0.05, 0) is 46.4 Å².